The number of hydrogen-bond donors (Lipinski definition) is 0. The SMILES string of the molecule is COc1cc(F)c(C2(N=C=O)CC2)cc1Br. The number of isocyanates is 1. The molecular formula is C11H9BrFNO2. The molecule has 1 aliphatic carbocycles. The molecule has 84 valence electrons. The predicted octanol–water partition coefficient (Wildman–Crippen LogP) is 2.92. The molecule has 0 spiro atoms. The Labute approximate surface area is 100 Å². The van der Waals surface area contributed by atoms with Gasteiger partial charge in [-0.3, -0.25) is 0 Å². The van der Waals surface area contributed by atoms with E-state index in [1.165, 1.54) is 19.3 Å². The van der Waals surface area contributed by atoms with Gasteiger partial charge < -0.3 is 4.74 Å². The van der Waals surface area contributed by atoms with E-state index >= 15 is 0 Å². The van der Waals surface area contributed by atoms with Gasteiger partial charge >= 0.3 is 0 Å². The summed E-state index contributed by atoms with van der Waals surface area (Å²) in [5, 5.41) is 0. The molecule has 0 heterocycles. The van der Waals surface area contributed by atoms with Gasteiger partial charge in [0.1, 0.15) is 17.1 Å². The summed E-state index contributed by atoms with van der Waals surface area (Å²) in [5.41, 5.74) is -0.274. The topological polar surface area (TPSA) is 38.7 Å². The number of nitrogens with zero attached hydrogens (tertiary/aromatic N) is 1. The lowest BCUT2D eigenvalue weighted by molar-refractivity contribution is 0.407. The van der Waals surface area contributed by atoms with Crippen LogP contribution in [0.25, 0.3) is 0 Å². The first kappa shape index (κ1) is 11.3. The fraction of sp³-hybridized carbons (Fsp3) is 0.364. The largest absolute Gasteiger partial charge is 0.495 e. The summed E-state index contributed by atoms with van der Waals surface area (Å²) in [6.07, 6.45) is 2.86. The molecule has 0 aromatic heterocycles. The molecule has 0 aliphatic heterocycles. The van der Waals surface area contributed by atoms with Gasteiger partial charge in [-0.25, -0.2) is 9.18 Å². The van der Waals surface area contributed by atoms with Crippen molar-refractivity contribution in [1.29, 1.82) is 0 Å². The van der Waals surface area contributed by atoms with Crippen LogP contribution in [0.5, 0.6) is 5.75 Å². The Morgan fingerprint density at radius 1 is 1.56 bits per heavy atom. The fourth-order valence-corrected chi connectivity index (χ4v) is 2.19. The number of halogens is 2. The molecule has 1 aromatic rings. The van der Waals surface area contributed by atoms with Crippen LogP contribution in [0.3, 0.4) is 0 Å². The summed E-state index contributed by atoms with van der Waals surface area (Å²) in [6.45, 7) is 0. The minimum absolute atomic E-state index is 0.406. The monoisotopic (exact) mass is 285 g/mol. The molecule has 0 N–H and O–H groups in total. The number of aliphatic imine (C=N–C) groups is 1. The van der Waals surface area contributed by atoms with Crippen molar-refractivity contribution in [3.63, 3.8) is 0 Å². The van der Waals surface area contributed by atoms with E-state index in [1.54, 1.807) is 6.07 Å². The summed E-state index contributed by atoms with van der Waals surface area (Å²) >= 11 is 3.28. The van der Waals surface area contributed by atoms with Crippen LogP contribution in [0.15, 0.2) is 21.6 Å². The van der Waals surface area contributed by atoms with Crippen LogP contribution >= 0.6 is 15.9 Å². The van der Waals surface area contributed by atoms with E-state index in [0.717, 1.165) is 0 Å². The molecule has 0 unspecified atom stereocenters. The Morgan fingerprint density at radius 3 is 2.75 bits per heavy atom. The number of rotatable bonds is 3. The molecule has 1 aliphatic rings. The maximum absolute atomic E-state index is 13.8. The van der Waals surface area contributed by atoms with E-state index < -0.39 is 11.4 Å². The molecule has 5 heteroatoms. The predicted molar refractivity (Wildman–Crippen MR) is 59.7 cm³/mol. The van der Waals surface area contributed by atoms with Gasteiger partial charge in [0.2, 0.25) is 6.08 Å². The van der Waals surface area contributed by atoms with Crippen LogP contribution in [0.2, 0.25) is 0 Å². The summed E-state index contributed by atoms with van der Waals surface area (Å²) in [7, 11) is 1.47. The minimum atomic E-state index is -0.694. The zero-order valence-corrected chi connectivity index (χ0v) is 10.2. The Morgan fingerprint density at radius 2 is 2.25 bits per heavy atom. The van der Waals surface area contributed by atoms with Gasteiger partial charge in [-0.15, -0.1) is 0 Å². The first-order chi connectivity index (χ1) is 7.63. The van der Waals surface area contributed by atoms with Gasteiger partial charge in [0, 0.05) is 11.6 Å². The van der Waals surface area contributed by atoms with E-state index in [-0.39, 0.29) is 0 Å². The van der Waals surface area contributed by atoms with E-state index in [4.69, 9.17) is 4.74 Å². The fourth-order valence-electron chi connectivity index (χ4n) is 1.69. The molecule has 0 amide bonds. The Bertz CT molecular complexity index is 479. The second-order valence-corrected chi connectivity index (χ2v) is 4.56. The third-order valence-corrected chi connectivity index (χ3v) is 3.35. The Balaban J connectivity index is 2.50. The van der Waals surface area contributed by atoms with E-state index in [9.17, 15) is 9.18 Å². The maximum atomic E-state index is 13.8. The van der Waals surface area contributed by atoms with E-state index in [1.807, 2.05) is 0 Å². The van der Waals surface area contributed by atoms with Crippen molar-refractivity contribution in [1.82, 2.24) is 0 Å². The van der Waals surface area contributed by atoms with Gasteiger partial charge in [-0.1, -0.05) is 0 Å². The van der Waals surface area contributed by atoms with Crippen molar-refractivity contribution < 1.29 is 13.9 Å². The van der Waals surface area contributed by atoms with Crippen molar-refractivity contribution in [3.8, 4) is 5.75 Å². The van der Waals surface area contributed by atoms with Gasteiger partial charge in [-0.2, -0.15) is 4.99 Å². The minimum Gasteiger partial charge on any atom is -0.495 e. The summed E-state index contributed by atoms with van der Waals surface area (Å²) < 4.78 is 19.4. The lowest BCUT2D eigenvalue weighted by atomic mass is 10.0. The lowest BCUT2D eigenvalue weighted by Gasteiger charge is -2.12. The first-order valence-electron chi connectivity index (χ1n) is 4.75. The quantitative estimate of drug-likeness (QED) is 0.633. The van der Waals surface area contributed by atoms with Crippen molar-refractivity contribution >= 4 is 22.0 Å². The van der Waals surface area contributed by atoms with Gasteiger partial charge in [-0.05, 0) is 34.8 Å². The highest BCUT2D eigenvalue weighted by molar-refractivity contribution is 9.10. The van der Waals surface area contributed by atoms with Crippen molar-refractivity contribution in [3.05, 3.63) is 28.0 Å². The van der Waals surface area contributed by atoms with Crippen LogP contribution in [-0.2, 0) is 10.3 Å². The number of benzene rings is 1. The second-order valence-electron chi connectivity index (χ2n) is 3.70. The third-order valence-electron chi connectivity index (χ3n) is 2.73. The Kier molecular flexibility index (Phi) is 2.82. The normalized spacial score (nSPS) is 16.4. The Hall–Kier alpha value is -1.19. The van der Waals surface area contributed by atoms with Crippen LogP contribution < -0.4 is 4.74 Å². The molecular weight excluding hydrogens is 277 g/mol. The van der Waals surface area contributed by atoms with E-state index in [0.29, 0.717) is 28.6 Å². The maximum Gasteiger partial charge on any atom is 0.235 e. The third kappa shape index (κ3) is 1.77. The molecule has 1 fully saturated rings. The number of carbonyl (C=O) groups excluding carboxylic acids is 1. The molecule has 1 saturated carbocycles. The highest BCUT2D eigenvalue weighted by Crippen LogP contribution is 2.51. The first-order valence-corrected chi connectivity index (χ1v) is 5.55. The highest BCUT2D eigenvalue weighted by Gasteiger charge is 2.47. The van der Waals surface area contributed by atoms with Gasteiger partial charge in [0.05, 0.1) is 11.6 Å². The molecule has 0 saturated heterocycles. The van der Waals surface area contributed by atoms with Gasteiger partial charge in [0.15, 0.2) is 0 Å². The zero-order chi connectivity index (χ0) is 11.8. The number of methoxy groups -OCH3 is 1. The van der Waals surface area contributed by atoms with Crippen molar-refractivity contribution in [2.75, 3.05) is 7.11 Å². The van der Waals surface area contributed by atoms with E-state index in [2.05, 4.69) is 20.9 Å². The summed E-state index contributed by atoms with van der Waals surface area (Å²) in [4.78, 5) is 14.0. The summed E-state index contributed by atoms with van der Waals surface area (Å²) in [5.74, 6) is 0.0173. The smallest absolute Gasteiger partial charge is 0.235 e. The number of hydrogen-bond acceptors (Lipinski definition) is 3. The highest BCUT2D eigenvalue weighted by atomic mass is 79.9. The van der Waals surface area contributed by atoms with Gasteiger partial charge in [0.25, 0.3) is 0 Å². The second kappa shape index (κ2) is 4.00. The average molecular weight is 286 g/mol. The summed E-state index contributed by atoms with van der Waals surface area (Å²) in [6, 6.07) is 2.90. The van der Waals surface area contributed by atoms with Crippen LogP contribution in [0, 0.1) is 5.82 Å². The standard InChI is InChI=1S/C11H9BrFNO2/c1-16-10-5-9(13)7(4-8(10)12)11(2-3-11)14-6-15/h4-5H,2-3H2,1H3. The number of ether oxygens (including phenoxy) is 1. The van der Waals surface area contributed by atoms with Crippen LogP contribution in [0.4, 0.5) is 4.39 Å². The molecule has 2 rings (SSSR count). The molecule has 0 bridgehead atoms. The molecule has 1 aromatic carbocycles. The van der Waals surface area contributed by atoms with Crippen LogP contribution in [0.1, 0.15) is 18.4 Å². The van der Waals surface area contributed by atoms with Crippen molar-refractivity contribution in [2.24, 2.45) is 4.99 Å². The zero-order valence-electron chi connectivity index (χ0n) is 8.59. The molecule has 0 radical (unpaired) electrons. The van der Waals surface area contributed by atoms with Crippen molar-refractivity contribution in [2.45, 2.75) is 18.4 Å². The molecule has 16 heavy (non-hydrogen) atoms. The molecule has 0 atom stereocenters. The molecule has 3 nitrogen and oxygen atoms in total. The average Bonchev–Trinajstić information content (AvgIpc) is 3.02. The lowest BCUT2D eigenvalue weighted by Crippen LogP contribution is -2.06. The van der Waals surface area contributed by atoms with Crippen LogP contribution in [-0.4, -0.2) is 13.2 Å².